The predicted molar refractivity (Wildman–Crippen MR) is 225 cm³/mol. The van der Waals surface area contributed by atoms with Crippen molar-refractivity contribution in [2.75, 3.05) is 34.9 Å². The van der Waals surface area contributed by atoms with E-state index in [0.29, 0.717) is 39.9 Å². The van der Waals surface area contributed by atoms with Crippen molar-refractivity contribution in [3.8, 4) is 29.4 Å². The Morgan fingerprint density at radius 3 is 2.10 bits per heavy atom. The van der Waals surface area contributed by atoms with Gasteiger partial charge in [0.05, 0.1) is 44.9 Å². The molecule has 5 aromatic carbocycles. The highest BCUT2D eigenvalue weighted by atomic mass is 16.6. The summed E-state index contributed by atoms with van der Waals surface area (Å²) in [5.41, 5.74) is 3.75. The van der Waals surface area contributed by atoms with Gasteiger partial charge in [0.25, 0.3) is 0 Å². The van der Waals surface area contributed by atoms with Gasteiger partial charge < -0.3 is 29.0 Å². The first-order valence-corrected chi connectivity index (χ1v) is 19.0. The Bertz CT molecular complexity index is 2690. The third-order valence-electron chi connectivity index (χ3n) is 10.3. The summed E-state index contributed by atoms with van der Waals surface area (Å²) in [6.45, 7) is 0.0240. The van der Waals surface area contributed by atoms with Crippen LogP contribution in [0.4, 0.5) is 5.82 Å². The van der Waals surface area contributed by atoms with Gasteiger partial charge in [0.2, 0.25) is 0 Å². The number of imidazole rings is 1. The minimum atomic E-state index is -1.11. The van der Waals surface area contributed by atoms with Crippen LogP contribution in [0, 0.1) is 23.2 Å². The molecule has 0 saturated carbocycles. The molecule has 1 fully saturated rings. The molecule has 7 aromatic rings. The van der Waals surface area contributed by atoms with Crippen LogP contribution in [-0.4, -0.2) is 83.0 Å². The van der Waals surface area contributed by atoms with E-state index in [1.165, 1.54) is 6.33 Å². The summed E-state index contributed by atoms with van der Waals surface area (Å²) in [5.74, 6) is 8.68. The van der Waals surface area contributed by atoms with E-state index in [1.807, 2.05) is 123 Å². The fraction of sp³-hybridized carbons (Fsp3) is 0.213. The van der Waals surface area contributed by atoms with Crippen molar-refractivity contribution in [1.82, 2.24) is 24.4 Å². The third kappa shape index (κ3) is 7.81. The number of hydrogen-bond donors (Lipinski definition) is 1. The van der Waals surface area contributed by atoms with E-state index in [1.54, 1.807) is 36.1 Å². The van der Waals surface area contributed by atoms with Gasteiger partial charge in [-0.2, -0.15) is 5.26 Å². The van der Waals surface area contributed by atoms with E-state index >= 15 is 0 Å². The van der Waals surface area contributed by atoms with Crippen molar-refractivity contribution < 1.29 is 24.1 Å². The highest BCUT2D eigenvalue weighted by Crippen LogP contribution is 2.43. The van der Waals surface area contributed by atoms with Gasteiger partial charge in [-0.1, -0.05) is 72.7 Å². The van der Waals surface area contributed by atoms with E-state index in [-0.39, 0.29) is 13.0 Å². The lowest BCUT2D eigenvalue weighted by Gasteiger charge is -2.37. The SMILES string of the molecule is COc1ccc(C(OC[C@H]2O[C@@H](n3c(C#Cc4ccc5cc(C#N)ccc5c4)nc4c(/N=C/N(C)C)ncnc43)C[C@@H]2O)(c2ccccc2)c2ccc(OC)cc2)cc1. The van der Waals surface area contributed by atoms with Gasteiger partial charge in [0.1, 0.15) is 35.8 Å². The maximum absolute atomic E-state index is 11.7. The Labute approximate surface area is 341 Å². The number of nitriles is 1. The molecule has 1 saturated heterocycles. The molecule has 12 heteroatoms. The number of hydrogen-bond acceptors (Lipinski definition) is 10. The molecule has 294 valence electrons. The van der Waals surface area contributed by atoms with Crippen LogP contribution in [0.15, 0.2) is 127 Å². The van der Waals surface area contributed by atoms with E-state index in [2.05, 4.69) is 32.9 Å². The van der Waals surface area contributed by atoms with E-state index < -0.39 is 24.0 Å². The van der Waals surface area contributed by atoms with Crippen LogP contribution in [0.5, 0.6) is 11.5 Å². The molecule has 1 N–H and O–H groups in total. The average Bonchev–Trinajstić information content (AvgIpc) is 3.84. The number of ether oxygens (including phenoxy) is 4. The summed E-state index contributed by atoms with van der Waals surface area (Å²) < 4.78 is 26.7. The lowest BCUT2D eigenvalue weighted by Crippen LogP contribution is -2.38. The van der Waals surface area contributed by atoms with E-state index in [4.69, 9.17) is 23.9 Å². The quantitative estimate of drug-likeness (QED) is 0.0623. The standard InChI is InChI=1S/C47H41N7O5/c1-53(2)30-51-45-44-46(50-29-49-45)54(42(52-44)23-12-31-10-13-34-25-32(27-48)11-14-33(34)24-31)43-26-40(55)41(59-43)28-58-47(35-8-6-5-7-9-35,36-15-19-38(56-3)20-16-36)37-17-21-39(57-4)22-18-37/h5-11,13-22,24-25,29-30,40-41,43,55H,26,28H2,1-4H3/b51-30+/t40-,41+,43+/m0/s1. The lowest BCUT2D eigenvalue weighted by atomic mass is 9.80. The molecule has 0 aliphatic carbocycles. The summed E-state index contributed by atoms with van der Waals surface area (Å²) in [6, 6.07) is 39.1. The molecule has 1 aliphatic heterocycles. The molecule has 0 bridgehead atoms. The Kier molecular flexibility index (Phi) is 11.0. The highest BCUT2D eigenvalue weighted by molar-refractivity contribution is 5.86. The summed E-state index contributed by atoms with van der Waals surface area (Å²) >= 11 is 0. The van der Waals surface area contributed by atoms with Gasteiger partial charge in [-0.15, -0.1) is 0 Å². The van der Waals surface area contributed by atoms with Gasteiger partial charge >= 0.3 is 0 Å². The molecule has 12 nitrogen and oxygen atoms in total. The molecule has 1 aliphatic rings. The van der Waals surface area contributed by atoms with Crippen LogP contribution < -0.4 is 9.47 Å². The fourth-order valence-electron chi connectivity index (χ4n) is 7.35. The number of aromatic nitrogens is 4. The third-order valence-corrected chi connectivity index (χ3v) is 10.3. The second kappa shape index (κ2) is 16.8. The number of methoxy groups -OCH3 is 2. The summed E-state index contributed by atoms with van der Waals surface area (Å²) in [6.07, 6.45) is 0.933. The molecule has 8 rings (SSSR count). The summed E-state index contributed by atoms with van der Waals surface area (Å²) in [5, 5.41) is 23.0. The van der Waals surface area contributed by atoms with Gasteiger partial charge in [0, 0.05) is 26.1 Å². The van der Waals surface area contributed by atoms with Crippen molar-refractivity contribution >= 4 is 34.1 Å². The molecule has 0 unspecified atom stereocenters. The van der Waals surface area contributed by atoms with Crippen molar-refractivity contribution in [2.24, 2.45) is 4.99 Å². The van der Waals surface area contributed by atoms with Crippen molar-refractivity contribution in [2.45, 2.75) is 30.5 Å². The first-order valence-electron chi connectivity index (χ1n) is 19.0. The Balaban J connectivity index is 1.17. The molecule has 0 spiro atoms. The smallest absolute Gasteiger partial charge is 0.190 e. The number of aliphatic imine (C=N–C) groups is 1. The van der Waals surface area contributed by atoms with Gasteiger partial charge in [-0.05, 0) is 81.9 Å². The molecule has 2 aromatic heterocycles. The summed E-state index contributed by atoms with van der Waals surface area (Å²) in [7, 11) is 7.01. The zero-order valence-electron chi connectivity index (χ0n) is 33.0. The molecule has 0 amide bonds. The second-order valence-corrected chi connectivity index (χ2v) is 14.3. The number of rotatable bonds is 11. The number of fused-ring (bicyclic) bond motifs is 2. The van der Waals surface area contributed by atoms with Crippen LogP contribution in [0.1, 0.15) is 46.3 Å². The zero-order valence-corrected chi connectivity index (χ0v) is 33.0. The molecular weight excluding hydrogens is 743 g/mol. The summed E-state index contributed by atoms with van der Waals surface area (Å²) in [4.78, 5) is 20.3. The molecule has 0 radical (unpaired) electrons. The maximum atomic E-state index is 11.7. The molecule has 59 heavy (non-hydrogen) atoms. The number of nitrogens with zero attached hydrogens (tertiary/aromatic N) is 7. The van der Waals surface area contributed by atoms with Crippen LogP contribution in [0.25, 0.3) is 21.9 Å². The molecular formula is C47H41N7O5. The lowest BCUT2D eigenvalue weighted by molar-refractivity contribution is -0.0932. The van der Waals surface area contributed by atoms with Crippen LogP contribution in [-0.2, 0) is 15.1 Å². The first-order chi connectivity index (χ1) is 28.8. The van der Waals surface area contributed by atoms with Crippen molar-refractivity contribution in [3.63, 3.8) is 0 Å². The number of aliphatic hydroxyl groups is 1. The minimum absolute atomic E-state index is 0.0240. The first kappa shape index (κ1) is 38.8. The fourth-order valence-corrected chi connectivity index (χ4v) is 7.35. The Morgan fingerprint density at radius 1 is 0.847 bits per heavy atom. The molecule has 3 heterocycles. The normalized spacial score (nSPS) is 16.5. The minimum Gasteiger partial charge on any atom is -0.497 e. The van der Waals surface area contributed by atoms with Crippen LogP contribution in [0.2, 0.25) is 0 Å². The van der Waals surface area contributed by atoms with Gasteiger partial charge in [0.15, 0.2) is 22.8 Å². The Morgan fingerprint density at radius 2 is 1.47 bits per heavy atom. The highest BCUT2D eigenvalue weighted by Gasteiger charge is 2.42. The van der Waals surface area contributed by atoms with Crippen molar-refractivity contribution in [3.05, 3.63) is 155 Å². The number of benzene rings is 5. The predicted octanol–water partition coefficient (Wildman–Crippen LogP) is 7.15. The van der Waals surface area contributed by atoms with Crippen LogP contribution >= 0.6 is 0 Å². The zero-order chi connectivity index (χ0) is 40.9. The largest absolute Gasteiger partial charge is 0.497 e. The van der Waals surface area contributed by atoms with E-state index in [0.717, 1.165) is 33.0 Å². The van der Waals surface area contributed by atoms with E-state index in [9.17, 15) is 10.4 Å². The second-order valence-electron chi connectivity index (χ2n) is 14.3. The number of aliphatic hydroxyl groups excluding tert-OH is 1. The molecule has 3 atom stereocenters. The van der Waals surface area contributed by atoms with Crippen molar-refractivity contribution in [1.29, 1.82) is 5.26 Å². The van der Waals surface area contributed by atoms with Gasteiger partial charge in [-0.25, -0.2) is 19.9 Å². The maximum Gasteiger partial charge on any atom is 0.190 e. The monoisotopic (exact) mass is 783 g/mol. The Hall–Kier alpha value is -7.09. The van der Waals surface area contributed by atoms with Gasteiger partial charge in [-0.3, -0.25) is 4.57 Å². The average molecular weight is 784 g/mol. The van der Waals surface area contributed by atoms with Crippen LogP contribution in [0.3, 0.4) is 0 Å². The topological polar surface area (TPSA) is 140 Å².